The number of alkyl halides is 1. The number of hydrogen-bond acceptors (Lipinski definition) is 10. The molecule has 0 bridgehead atoms. The normalized spacial score (nSPS) is 14.3. The molecule has 40 heavy (non-hydrogen) atoms. The highest BCUT2D eigenvalue weighted by Gasteiger charge is 2.23. The molecular weight excluding hydrogens is 540 g/mol. The summed E-state index contributed by atoms with van der Waals surface area (Å²) in [6.07, 6.45) is 3.25. The van der Waals surface area contributed by atoms with Crippen LogP contribution in [0.15, 0.2) is 42.7 Å². The molecule has 210 valence electrons. The molecule has 0 saturated carbocycles. The molecule has 0 radical (unpaired) electrons. The van der Waals surface area contributed by atoms with Gasteiger partial charge >= 0.3 is 0 Å². The molecule has 3 heterocycles. The van der Waals surface area contributed by atoms with Crippen molar-refractivity contribution in [3.05, 3.63) is 48.5 Å². The van der Waals surface area contributed by atoms with Gasteiger partial charge in [-0.1, -0.05) is 12.1 Å². The summed E-state index contributed by atoms with van der Waals surface area (Å²) >= 11 is -1.62. The summed E-state index contributed by atoms with van der Waals surface area (Å²) in [4.78, 5) is 19.9. The fourth-order valence-electron chi connectivity index (χ4n) is 4.40. The molecule has 13 heteroatoms. The Bertz CT molecular complexity index is 1470. The predicted octanol–water partition coefficient (Wildman–Crippen LogP) is 4.15. The second-order valence-corrected chi connectivity index (χ2v) is 10.3. The zero-order valence-corrected chi connectivity index (χ0v) is 22.7. The van der Waals surface area contributed by atoms with Crippen LogP contribution in [-0.4, -0.2) is 69.8 Å². The van der Waals surface area contributed by atoms with Gasteiger partial charge in [-0.2, -0.15) is 0 Å². The van der Waals surface area contributed by atoms with Crippen molar-refractivity contribution in [1.29, 1.82) is 0 Å². The number of benzene rings is 2. The number of fused-ring (bicyclic) bond motifs is 1. The van der Waals surface area contributed by atoms with Gasteiger partial charge in [-0.05, 0) is 30.7 Å². The number of nitrogens with zero attached hydrogens (tertiary/aromatic N) is 5. The standard InChI is InChI=1S/C27H29F2N7O3S/c1-2-39-22-14-17(19-5-3-6-21(23(19)29)35-40(37)12-4-7-28)13-20-24(22)33-25(18-15-31-27(30)32-16-18)34-26(20)36-8-10-38-11-9-36/h3,5-6,13-16,35H,2,4,7-12H2,1H3,(H2,30,31,32). The van der Waals surface area contributed by atoms with Crippen molar-refractivity contribution in [2.24, 2.45) is 0 Å². The van der Waals surface area contributed by atoms with E-state index in [1.54, 1.807) is 30.6 Å². The molecule has 1 fully saturated rings. The first-order valence-electron chi connectivity index (χ1n) is 12.9. The number of nitrogen functional groups attached to an aromatic ring is 1. The van der Waals surface area contributed by atoms with Gasteiger partial charge in [0.25, 0.3) is 0 Å². The van der Waals surface area contributed by atoms with Crippen LogP contribution in [0.3, 0.4) is 0 Å². The molecule has 0 aliphatic carbocycles. The van der Waals surface area contributed by atoms with Crippen molar-refractivity contribution in [1.82, 2.24) is 19.9 Å². The summed E-state index contributed by atoms with van der Waals surface area (Å²) in [5, 5.41) is 0.673. The van der Waals surface area contributed by atoms with Crippen LogP contribution in [0.2, 0.25) is 0 Å². The lowest BCUT2D eigenvalue weighted by Gasteiger charge is -2.29. The van der Waals surface area contributed by atoms with Gasteiger partial charge in [-0.15, -0.1) is 0 Å². The van der Waals surface area contributed by atoms with Crippen molar-refractivity contribution >= 4 is 39.7 Å². The number of morpholine rings is 1. The summed E-state index contributed by atoms with van der Waals surface area (Å²) in [5.74, 6) is 1.13. The van der Waals surface area contributed by atoms with Crippen LogP contribution in [0.1, 0.15) is 13.3 Å². The maximum Gasteiger partial charge on any atom is 0.219 e. The third-order valence-electron chi connectivity index (χ3n) is 6.28. The molecule has 1 aliphatic heterocycles. The van der Waals surface area contributed by atoms with Crippen molar-refractivity contribution < 1.29 is 22.8 Å². The first-order chi connectivity index (χ1) is 19.5. The van der Waals surface area contributed by atoms with Crippen LogP contribution >= 0.6 is 0 Å². The molecule has 1 atom stereocenters. The van der Waals surface area contributed by atoms with Crippen molar-refractivity contribution in [2.75, 3.05) is 60.7 Å². The average Bonchev–Trinajstić information content (AvgIpc) is 2.97. The Balaban J connectivity index is 1.66. The van der Waals surface area contributed by atoms with Gasteiger partial charge in [0.15, 0.2) is 11.6 Å². The molecule has 5 rings (SSSR count). The van der Waals surface area contributed by atoms with E-state index in [2.05, 4.69) is 19.6 Å². The summed E-state index contributed by atoms with van der Waals surface area (Å²) < 4.78 is 54.7. The number of nitrogens with one attached hydrogen (secondary N) is 1. The van der Waals surface area contributed by atoms with Crippen molar-refractivity contribution in [3.63, 3.8) is 0 Å². The Morgan fingerprint density at radius 2 is 1.93 bits per heavy atom. The number of hydrogen-bond donors (Lipinski definition) is 2. The van der Waals surface area contributed by atoms with E-state index in [1.807, 2.05) is 13.0 Å². The fraction of sp³-hybridized carbons (Fsp3) is 0.333. The second-order valence-electron chi connectivity index (χ2n) is 8.97. The molecule has 0 spiro atoms. The smallest absolute Gasteiger partial charge is 0.219 e. The van der Waals surface area contributed by atoms with Gasteiger partial charge in [0.2, 0.25) is 5.95 Å². The number of aromatic nitrogens is 4. The van der Waals surface area contributed by atoms with Crippen LogP contribution in [0, 0.1) is 5.82 Å². The van der Waals surface area contributed by atoms with E-state index in [9.17, 15) is 8.94 Å². The van der Waals surface area contributed by atoms with Crippen LogP contribution in [-0.2, 0) is 16.1 Å². The zero-order valence-electron chi connectivity index (χ0n) is 21.9. The number of ether oxygens (including phenoxy) is 2. The summed E-state index contributed by atoms with van der Waals surface area (Å²) in [6.45, 7) is 3.90. The quantitative estimate of drug-likeness (QED) is 0.268. The minimum absolute atomic E-state index is 0.0658. The minimum atomic E-state index is -1.62. The Morgan fingerprint density at radius 3 is 2.65 bits per heavy atom. The van der Waals surface area contributed by atoms with Crippen LogP contribution in [0.4, 0.5) is 26.2 Å². The molecule has 0 amide bonds. The van der Waals surface area contributed by atoms with E-state index < -0.39 is 23.9 Å². The molecule has 1 aliphatic rings. The minimum Gasteiger partial charge on any atom is -0.593 e. The number of nitrogens with two attached hydrogens (primary N) is 1. The highest BCUT2D eigenvalue weighted by Crippen LogP contribution is 2.39. The van der Waals surface area contributed by atoms with Crippen molar-refractivity contribution in [3.8, 4) is 28.3 Å². The highest BCUT2D eigenvalue weighted by atomic mass is 32.2. The Kier molecular flexibility index (Phi) is 8.72. The van der Waals surface area contributed by atoms with Crippen LogP contribution in [0.25, 0.3) is 33.4 Å². The molecule has 2 aromatic heterocycles. The number of rotatable bonds is 10. The van der Waals surface area contributed by atoms with Gasteiger partial charge < -0.3 is 24.7 Å². The van der Waals surface area contributed by atoms with Gasteiger partial charge in [0, 0.05) is 42.9 Å². The summed E-state index contributed by atoms with van der Waals surface area (Å²) in [7, 11) is 0. The fourth-order valence-corrected chi connectivity index (χ4v) is 5.27. The van der Waals surface area contributed by atoms with E-state index >= 15 is 4.39 Å². The predicted molar refractivity (Wildman–Crippen MR) is 152 cm³/mol. The molecular formula is C27H29F2N7O3S. The molecule has 1 unspecified atom stereocenters. The number of anilines is 3. The third kappa shape index (κ3) is 6.01. The van der Waals surface area contributed by atoms with E-state index in [0.29, 0.717) is 72.3 Å². The van der Waals surface area contributed by atoms with E-state index in [-0.39, 0.29) is 29.4 Å². The molecule has 2 aromatic carbocycles. The van der Waals surface area contributed by atoms with Gasteiger partial charge in [0.1, 0.15) is 28.5 Å². The van der Waals surface area contributed by atoms with Gasteiger partial charge in [-0.3, -0.25) is 4.39 Å². The summed E-state index contributed by atoms with van der Waals surface area (Å²) in [6, 6.07) is 8.36. The Morgan fingerprint density at radius 1 is 1.15 bits per heavy atom. The first-order valence-corrected chi connectivity index (χ1v) is 14.2. The molecule has 1 saturated heterocycles. The van der Waals surface area contributed by atoms with E-state index in [4.69, 9.17) is 25.2 Å². The maximum absolute atomic E-state index is 15.7. The third-order valence-corrected chi connectivity index (χ3v) is 7.39. The maximum atomic E-state index is 15.7. The molecule has 3 N–H and O–H groups in total. The van der Waals surface area contributed by atoms with Gasteiger partial charge in [0.05, 0.1) is 43.4 Å². The van der Waals surface area contributed by atoms with Crippen LogP contribution < -0.4 is 20.1 Å². The number of halogens is 2. The molecule has 10 nitrogen and oxygen atoms in total. The average molecular weight is 570 g/mol. The zero-order chi connectivity index (χ0) is 28.1. The van der Waals surface area contributed by atoms with E-state index in [1.165, 1.54) is 6.07 Å². The van der Waals surface area contributed by atoms with Crippen molar-refractivity contribution in [2.45, 2.75) is 13.3 Å². The lowest BCUT2D eigenvalue weighted by molar-refractivity contribution is 0.122. The Labute approximate surface area is 233 Å². The topological polar surface area (TPSA) is 134 Å². The summed E-state index contributed by atoms with van der Waals surface area (Å²) in [5.41, 5.74) is 7.69. The second kappa shape index (κ2) is 12.6. The molecule has 4 aromatic rings. The Hall–Kier alpha value is -3.81. The lowest BCUT2D eigenvalue weighted by atomic mass is 10.0. The SMILES string of the molecule is CCOc1cc(-c2cccc(N[S+]([O-])CCCF)c2F)cc2c(N3CCOCC3)nc(-c3cnc(N)nc3)nc12. The van der Waals surface area contributed by atoms with E-state index in [0.717, 1.165) is 0 Å². The first kappa shape index (κ1) is 27.7. The largest absolute Gasteiger partial charge is 0.593 e. The highest BCUT2D eigenvalue weighted by molar-refractivity contribution is 7.92. The van der Waals surface area contributed by atoms with Crippen LogP contribution in [0.5, 0.6) is 5.75 Å². The van der Waals surface area contributed by atoms with Gasteiger partial charge in [-0.25, -0.2) is 29.0 Å². The monoisotopic (exact) mass is 569 g/mol. The lowest BCUT2D eigenvalue weighted by Crippen LogP contribution is -2.37.